The van der Waals surface area contributed by atoms with E-state index in [1.165, 1.54) is 0 Å². The van der Waals surface area contributed by atoms with Crippen LogP contribution in [0.3, 0.4) is 0 Å². The van der Waals surface area contributed by atoms with Crippen LogP contribution < -0.4 is 0 Å². The first-order valence-electron chi connectivity index (χ1n) is 4.53. The predicted octanol–water partition coefficient (Wildman–Crippen LogP) is 0.886. The molecule has 0 aliphatic carbocycles. The highest BCUT2D eigenvalue weighted by molar-refractivity contribution is 6.29. The monoisotopic (exact) mass is 217 g/mol. The van der Waals surface area contributed by atoms with Gasteiger partial charge < -0.3 is 9.67 Å². The lowest BCUT2D eigenvalue weighted by Gasteiger charge is -2.17. The summed E-state index contributed by atoms with van der Waals surface area (Å²) in [6.45, 7) is 3.08. The largest absolute Gasteiger partial charge is 0.392 e. The molecule has 1 rings (SSSR count). The molecular weight excluding hydrogens is 202 g/mol. The maximum absolute atomic E-state index is 9.18. The third-order valence-electron chi connectivity index (χ3n) is 2.01. The fourth-order valence-corrected chi connectivity index (χ4v) is 1.47. The van der Waals surface area contributed by atoms with Crippen molar-refractivity contribution in [1.82, 2.24) is 14.5 Å². The van der Waals surface area contributed by atoms with Crippen molar-refractivity contribution in [2.75, 3.05) is 13.6 Å². The van der Waals surface area contributed by atoms with Gasteiger partial charge in [-0.25, -0.2) is 4.98 Å². The molecule has 1 heterocycles. The Hall–Kier alpha value is -0.580. The van der Waals surface area contributed by atoms with Gasteiger partial charge in [-0.1, -0.05) is 11.6 Å². The molecule has 80 valence electrons. The molecule has 0 saturated carbocycles. The smallest absolute Gasteiger partial charge is 0.128 e. The van der Waals surface area contributed by atoms with Gasteiger partial charge in [0.15, 0.2) is 0 Å². The second-order valence-electron chi connectivity index (χ2n) is 3.60. The van der Waals surface area contributed by atoms with Crippen molar-refractivity contribution in [1.29, 1.82) is 0 Å². The normalized spacial score (nSPS) is 13.6. The second kappa shape index (κ2) is 4.77. The summed E-state index contributed by atoms with van der Waals surface area (Å²) in [6, 6.07) is 0. The van der Waals surface area contributed by atoms with Gasteiger partial charge in [0, 0.05) is 13.6 Å². The summed E-state index contributed by atoms with van der Waals surface area (Å²) in [7, 11) is 3.82. The summed E-state index contributed by atoms with van der Waals surface area (Å²) < 4.78 is 1.83. The maximum Gasteiger partial charge on any atom is 0.128 e. The van der Waals surface area contributed by atoms with E-state index in [4.69, 9.17) is 11.6 Å². The first-order valence-corrected chi connectivity index (χ1v) is 4.91. The molecule has 0 amide bonds. The van der Waals surface area contributed by atoms with Crippen LogP contribution in [0.15, 0.2) is 6.20 Å². The predicted molar refractivity (Wildman–Crippen MR) is 56.2 cm³/mol. The molecule has 0 fully saturated rings. The molecule has 0 aliphatic rings. The van der Waals surface area contributed by atoms with Gasteiger partial charge in [-0.2, -0.15) is 0 Å². The zero-order chi connectivity index (χ0) is 10.7. The van der Waals surface area contributed by atoms with Crippen LogP contribution >= 0.6 is 11.6 Å². The number of hydrogen-bond acceptors (Lipinski definition) is 3. The van der Waals surface area contributed by atoms with Crippen molar-refractivity contribution in [3.63, 3.8) is 0 Å². The van der Waals surface area contributed by atoms with E-state index in [1.807, 2.05) is 23.6 Å². The van der Waals surface area contributed by atoms with Crippen molar-refractivity contribution in [3.05, 3.63) is 17.2 Å². The highest BCUT2D eigenvalue weighted by Crippen LogP contribution is 2.10. The molecule has 0 aliphatic heterocycles. The molecule has 1 N–H and O–H groups in total. The Morgan fingerprint density at radius 1 is 1.71 bits per heavy atom. The zero-order valence-corrected chi connectivity index (χ0v) is 9.49. The van der Waals surface area contributed by atoms with Gasteiger partial charge >= 0.3 is 0 Å². The van der Waals surface area contributed by atoms with Crippen LogP contribution in [0.2, 0.25) is 5.15 Å². The van der Waals surface area contributed by atoms with E-state index in [0.29, 0.717) is 18.2 Å². The van der Waals surface area contributed by atoms with Crippen LogP contribution in [0.5, 0.6) is 0 Å². The number of aromatic nitrogens is 2. The van der Waals surface area contributed by atoms with Crippen LogP contribution in [0.4, 0.5) is 0 Å². The first kappa shape index (κ1) is 11.5. The number of imidazole rings is 1. The average molecular weight is 218 g/mol. The van der Waals surface area contributed by atoms with Gasteiger partial charge in [-0.05, 0) is 14.0 Å². The van der Waals surface area contributed by atoms with Crippen LogP contribution in [-0.2, 0) is 13.6 Å². The van der Waals surface area contributed by atoms with E-state index in [1.54, 1.807) is 13.1 Å². The Bertz CT molecular complexity index is 298. The summed E-state index contributed by atoms with van der Waals surface area (Å²) in [6.07, 6.45) is 1.31. The summed E-state index contributed by atoms with van der Waals surface area (Å²) in [5.41, 5.74) is 0. The zero-order valence-electron chi connectivity index (χ0n) is 8.74. The number of aliphatic hydroxyl groups is 1. The average Bonchev–Trinajstić information content (AvgIpc) is 2.34. The molecule has 0 radical (unpaired) electrons. The summed E-state index contributed by atoms with van der Waals surface area (Å²) in [5, 5.41) is 9.81. The fraction of sp³-hybridized carbons (Fsp3) is 0.667. The van der Waals surface area contributed by atoms with Crippen molar-refractivity contribution < 1.29 is 5.11 Å². The van der Waals surface area contributed by atoms with Gasteiger partial charge in [0.25, 0.3) is 0 Å². The number of hydrogen-bond donors (Lipinski definition) is 1. The Kier molecular flexibility index (Phi) is 3.92. The number of likely N-dealkylation sites (N-methyl/N-ethyl adjacent to an activating group) is 1. The van der Waals surface area contributed by atoms with Gasteiger partial charge in [-0.3, -0.25) is 4.90 Å². The lowest BCUT2D eigenvalue weighted by atomic mass is 10.3. The van der Waals surface area contributed by atoms with E-state index in [2.05, 4.69) is 4.98 Å². The second-order valence-corrected chi connectivity index (χ2v) is 3.99. The summed E-state index contributed by atoms with van der Waals surface area (Å²) >= 11 is 5.85. The minimum absolute atomic E-state index is 0.323. The van der Waals surface area contributed by atoms with Crippen molar-refractivity contribution >= 4 is 11.6 Å². The molecule has 0 aromatic carbocycles. The Morgan fingerprint density at radius 2 is 2.36 bits per heavy atom. The topological polar surface area (TPSA) is 41.3 Å². The molecule has 14 heavy (non-hydrogen) atoms. The van der Waals surface area contributed by atoms with E-state index < -0.39 is 0 Å². The number of halogens is 1. The third kappa shape index (κ3) is 2.97. The van der Waals surface area contributed by atoms with Crippen LogP contribution in [0, 0.1) is 0 Å². The Labute approximate surface area is 89.1 Å². The highest BCUT2D eigenvalue weighted by atomic mass is 35.5. The van der Waals surface area contributed by atoms with E-state index >= 15 is 0 Å². The van der Waals surface area contributed by atoms with Gasteiger partial charge in [0.05, 0.1) is 18.8 Å². The lowest BCUT2D eigenvalue weighted by molar-refractivity contribution is 0.136. The number of nitrogens with zero attached hydrogens (tertiary/aromatic N) is 3. The SMILES string of the molecule is CC(O)CN(C)Cc1ncc(Cl)n1C. The molecule has 4 nitrogen and oxygen atoms in total. The molecular formula is C9H16ClN3O. The highest BCUT2D eigenvalue weighted by Gasteiger charge is 2.08. The quantitative estimate of drug-likeness (QED) is 0.815. The molecule has 0 bridgehead atoms. The number of rotatable bonds is 4. The van der Waals surface area contributed by atoms with Crippen molar-refractivity contribution in [2.45, 2.75) is 19.6 Å². The first-order chi connectivity index (χ1) is 6.50. The fourth-order valence-electron chi connectivity index (χ4n) is 1.33. The standard InChI is InChI=1S/C9H16ClN3O/c1-7(14)5-12(2)6-9-11-4-8(10)13(9)3/h4,7,14H,5-6H2,1-3H3. The Morgan fingerprint density at radius 3 is 2.79 bits per heavy atom. The molecule has 1 aromatic rings. The molecule has 0 saturated heterocycles. The minimum atomic E-state index is -0.323. The Balaban J connectivity index is 2.56. The third-order valence-corrected chi connectivity index (χ3v) is 2.37. The van der Waals surface area contributed by atoms with Crippen LogP contribution in [-0.4, -0.2) is 39.3 Å². The van der Waals surface area contributed by atoms with Crippen LogP contribution in [0.25, 0.3) is 0 Å². The van der Waals surface area contributed by atoms with Crippen LogP contribution in [0.1, 0.15) is 12.7 Å². The minimum Gasteiger partial charge on any atom is -0.392 e. The summed E-state index contributed by atoms with van der Waals surface area (Å²) in [5.74, 6) is 0.901. The molecule has 1 atom stereocenters. The molecule has 0 spiro atoms. The van der Waals surface area contributed by atoms with Gasteiger partial charge in [-0.15, -0.1) is 0 Å². The number of aliphatic hydroxyl groups excluding tert-OH is 1. The molecule has 1 aromatic heterocycles. The van der Waals surface area contributed by atoms with E-state index in [-0.39, 0.29) is 6.10 Å². The van der Waals surface area contributed by atoms with E-state index in [9.17, 15) is 5.11 Å². The maximum atomic E-state index is 9.18. The molecule has 1 unspecified atom stereocenters. The summed E-state index contributed by atoms with van der Waals surface area (Å²) in [4.78, 5) is 6.17. The lowest BCUT2D eigenvalue weighted by Crippen LogP contribution is -2.27. The van der Waals surface area contributed by atoms with Gasteiger partial charge in [0.2, 0.25) is 0 Å². The van der Waals surface area contributed by atoms with Crippen molar-refractivity contribution in [2.24, 2.45) is 7.05 Å². The molecule has 5 heteroatoms. The van der Waals surface area contributed by atoms with Crippen molar-refractivity contribution in [3.8, 4) is 0 Å². The van der Waals surface area contributed by atoms with E-state index in [0.717, 1.165) is 5.82 Å². The van der Waals surface area contributed by atoms with Gasteiger partial charge in [0.1, 0.15) is 11.0 Å².